The summed E-state index contributed by atoms with van der Waals surface area (Å²) in [6.45, 7) is 11.3. The first-order chi connectivity index (χ1) is 16.2. The summed E-state index contributed by atoms with van der Waals surface area (Å²) in [6.07, 6.45) is -0.147. The smallest absolute Gasteiger partial charge is 0.407 e. The van der Waals surface area contributed by atoms with Crippen LogP contribution >= 0.6 is 0 Å². The first-order valence-corrected chi connectivity index (χ1v) is 10.7. The van der Waals surface area contributed by atoms with E-state index in [0.717, 1.165) is 0 Å². The van der Waals surface area contributed by atoms with Crippen LogP contribution in [-0.4, -0.2) is 90.2 Å². The van der Waals surface area contributed by atoms with Crippen molar-refractivity contribution in [2.45, 2.75) is 26.7 Å². The Morgan fingerprint density at radius 1 is 0.647 bits per heavy atom. The van der Waals surface area contributed by atoms with Crippen molar-refractivity contribution in [2.24, 2.45) is 0 Å². The maximum Gasteiger partial charge on any atom is 0.407 e. The van der Waals surface area contributed by atoms with Gasteiger partial charge in [0, 0.05) is 17.6 Å². The van der Waals surface area contributed by atoms with Gasteiger partial charge in [0.15, 0.2) is 0 Å². The fourth-order valence-electron chi connectivity index (χ4n) is 1.85. The average Bonchev–Trinajstić information content (AvgIpc) is 2.79. The number of hydrogen-bond donors (Lipinski definition) is 1. The molecule has 1 N–H and O–H groups in total. The number of ether oxygens (including phenoxy) is 7. The van der Waals surface area contributed by atoms with Crippen molar-refractivity contribution < 1.29 is 52.3 Å². The van der Waals surface area contributed by atoms with Crippen molar-refractivity contribution in [1.29, 1.82) is 0 Å². The molecule has 0 aromatic rings. The number of esters is 3. The molecule has 0 radical (unpaired) electrons. The van der Waals surface area contributed by atoms with E-state index in [1.54, 1.807) is 6.92 Å². The summed E-state index contributed by atoms with van der Waals surface area (Å²) in [7, 11) is 0. The van der Waals surface area contributed by atoms with Gasteiger partial charge in [-0.25, -0.2) is 14.4 Å². The molecule has 12 nitrogen and oxygen atoms in total. The molecule has 0 aliphatic carbocycles. The minimum Gasteiger partial charge on any atom is -0.463 e. The standard InChI is InChI=1S/C22H35NO11/c1-17(2)20(25)32-8-5-6-19(24)31-14-12-28-10-11-29-16-30-13-15-34-22(27)23-7-9-33-21(26)18(3)4/h1,3,5-16H2,2,4H3,(H,23,27). The van der Waals surface area contributed by atoms with Gasteiger partial charge in [-0.05, 0) is 20.3 Å². The lowest BCUT2D eigenvalue weighted by Crippen LogP contribution is -2.29. The largest absolute Gasteiger partial charge is 0.463 e. The first-order valence-electron chi connectivity index (χ1n) is 10.7. The van der Waals surface area contributed by atoms with Crippen LogP contribution in [0.5, 0.6) is 0 Å². The third-order valence-electron chi connectivity index (χ3n) is 3.55. The molecule has 0 heterocycles. The van der Waals surface area contributed by atoms with Crippen molar-refractivity contribution in [3.63, 3.8) is 0 Å². The van der Waals surface area contributed by atoms with E-state index in [0.29, 0.717) is 12.0 Å². The Hall–Kier alpha value is -2.96. The summed E-state index contributed by atoms with van der Waals surface area (Å²) >= 11 is 0. The van der Waals surface area contributed by atoms with Crippen LogP contribution in [0, 0.1) is 0 Å². The van der Waals surface area contributed by atoms with Crippen LogP contribution in [0.4, 0.5) is 4.79 Å². The number of carbonyl (C=O) groups excluding carboxylic acids is 4. The molecule has 0 aliphatic heterocycles. The van der Waals surface area contributed by atoms with Crippen molar-refractivity contribution >= 4 is 24.0 Å². The molecule has 0 fully saturated rings. The van der Waals surface area contributed by atoms with Gasteiger partial charge in [0.05, 0.1) is 39.6 Å². The highest BCUT2D eigenvalue weighted by Crippen LogP contribution is 1.98. The Kier molecular flexibility index (Phi) is 18.8. The summed E-state index contributed by atoms with van der Waals surface area (Å²) in [5.74, 6) is -1.41. The number of amides is 1. The normalized spacial score (nSPS) is 10.2. The van der Waals surface area contributed by atoms with Crippen LogP contribution in [0.25, 0.3) is 0 Å². The second-order valence-corrected chi connectivity index (χ2v) is 6.77. The van der Waals surface area contributed by atoms with Crippen LogP contribution in [0.2, 0.25) is 0 Å². The Balaban J connectivity index is 3.36. The second kappa shape index (κ2) is 20.6. The average molecular weight is 490 g/mol. The fraction of sp³-hybridized carbons (Fsp3) is 0.636. The minimum absolute atomic E-state index is 0.00384. The van der Waals surface area contributed by atoms with Crippen LogP contribution in [0.15, 0.2) is 24.3 Å². The summed E-state index contributed by atoms with van der Waals surface area (Å²) < 4.78 is 35.1. The zero-order chi connectivity index (χ0) is 25.6. The molecule has 0 aromatic heterocycles. The van der Waals surface area contributed by atoms with E-state index >= 15 is 0 Å². The van der Waals surface area contributed by atoms with Crippen molar-refractivity contribution in [3.8, 4) is 0 Å². The van der Waals surface area contributed by atoms with E-state index in [2.05, 4.69) is 18.5 Å². The maximum atomic E-state index is 11.5. The zero-order valence-electron chi connectivity index (χ0n) is 19.9. The third kappa shape index (κ3) is 19.7. The molecule has 0 saturated carbocycles. The zero-order valence-corrected chi connectivity index (χ0v) is 19.9. The minimum atomic E-state index is -0.656. The van der Waals surface area contributed by atoms with Gasteiger partial charge in [-0.3, -0.25) is 4.79 Å². The molecule has 0 saturated heterocycles. The monoisotopic (exact) mass is 489 g/mol. The van der Waals surface area contributed by atoms with Crippen LogP contribution in [-0.2, 0) is 47.5 Å². The van der Waals surface area contributed by atoms with Gasteiger partial charge in [-0.1, -0.05) is 13.2 Å². The van der Waals surface area contributed by atoms with Gasteiger partial charge in [-0.2, -0.15) is 0 Å². The summed E-state index contributed by atoms with van der Waals surface area (Å²) in [5.41, 5.74) is 0.588. The Bertz CT molecular complexity index is 607. The van der Waals surface area contributed by atoms with Crippen LogP contribution < -0.4 is 5.32 Å². The van der Waals surface area contributed by atoms with Crippen LogP contribution in [0.1, 0.15) is 26.7 Å². The fourth-order valence-corrected chi connectivity index (χ4v) is 1.85. The molecule has 0 aliphatic rings. The maximum absolute atomic E-state index is 11.5. The van der Waals surface area contributed by atoms with E-state index in [9.17, 15) is 19.2 Å². The molecule has 0 unspecified atom stereocenters. The molecule has 0 bridgehead atoms. The van der Waals surface area contributed by atoms with Gasteiger partial charge in [-0.15, -0.1) is 0 Å². The molecule has 34 heavy (non-hydrogen) atoms. The van der Waals surface area contributed by atoms with E-state index in [-0.39, 0.29) is 78.2 Å². The van der Waals surface area contributed by atoms with Gasteiger partial charge < -0.3 is 38.5 Å². The molecular formula is C22H35NO11. The van der Waals surface area contributed by atoms with Crippen molar-refractivity contribution in [3.05, 3.63) is 24.3 Å². The summed E-state index contributed by atoms with van der Waals surface area (Å²) in [6, 6.07) is 0. The molecule has 1 amide bonds. The van der Waals surface area contributed by atoms with Crippen molar-refractivity contribution in [2.75, 3.05) is 66.2 Å². The lowest BCUT2D eigenvalue weighted by molar-refractivity contribution is -0.147. The number of carbonyl (C=O) groups is 4. The quantitative estimate of drug-likeness (QED) is 0.0868. The van der Waals surface area contributed by atoms with Gasteiger partial charge in [0.25, 0.3) is 0 Å². The Morgan fingerprint density at radius 3 is 1.82 bits per heavy atom. The third-order valence-corrected chi connectivity index (χ3v) is 3.55. The van der Waals surface area contributed by atoms with Crippen molar-refractivity contribution in [1.82, 2.24) is 5.32 Å². The lowest BCUT2D eigenvalue weighted by Gasteiger charge is -2.09. The topological polar surface area (TPSA) is 145 Å². The summed E-state index contributed by atoms with van der Waals surface area (Å²) in [5, 5.41) is 2.42. The van der Waals surface area contributed by atoms with Crippen LogP contribution in [0.3, 0.4) is 0 Å². The highest BCUT2D eigenvalue weighted by Gasteiger charge is 2.06. The predicted molar refractivity (Wildman–Crippen MR) is 119 cm³/mol. The molecule has 0 rings (SSSR count). The molecule has 0 spiro atoms. The Morgan fingerprint density at radius 2 is 1.18 bits per heavy atom. The first kappa shape index (κ1) is 31.0. The van der Waals surface area contributed by atoms with E-state index in [1.165, 1.54) is 6.92 Å². The molecule has 194 valence electrons. The number of alkyl carbamates (subject to hydrolysis) is 1. The molecular weight excluding hydrogens is 454 g/mol. The highest BCUT2D eigenvalue weighted by molar-refractivity contribution is 5.87. The summed E-state index contributed by atoms with van der Waals surface area (Å²) in [4.78, 5) is 45.2. The number of nitrogens with one attached hydrogen (secondary N) is 1. The van der Waals surface area contributed by atoms with Gasteiger partial charge in [0.1, 0.15) is 26.6 Å². The molecule has 0 atom stereocenters. The van der Waals surface area contributed by atoms with E-state index in [1.807, 2.05) is 0 Å². The SMILES string of the molecule is C=C(C)C(=O)OCCCC(=O)OCCOCCOCOCCOC(=O)NCCOC(=O)C(=C)C. The van der Waals surface area contributed by atoms with Gasteiger partial charge in [0.2, 0.25) is 0 Å². The predicted octanol–water partition coefficient (Wildman–Crippen LogP) is 1.28. The molecule has 0 aromatic carbocycles. The lowest BCUT2D eigenvalue weighted by atomic mass is 10.3. The Labute approximate surface area is 199 Å². The van der Waals surface area contributed by atoms with E-state index < -0.39 is 24.0 Å². The van der Waals surface area contributed by atoms with Gasteiger partial charge >= 0.3 is 24.0 Å². The highest BCUT2D eigenvalue weighted by atomic mass is 16.7. The number of hydrogen-bond acceptors (Lipinski definition) is 11. The number of rotatable bonds is 20. The van der Waals surface area contributed by atoms with E-state index in [4.69, 9.17) is 33.2 Å². The second-order valence-electron chi connectivity index (χ2n) is 6.77. The molecule has 12 heteroatoms.